The lowest BCUT2D eigenvalue weighted by molar-refractivity contribution is -0.147. The number of rotatable bonds is 31. The average molecular weight is 1020 g/mol. The van der Waals surface area contributed by atoms with E-state index >= 15 is 0 Å². The molecule has 18 heteroatoms. The molecule has 0 saturated heterocycles. The molecule has 6 amide bonds. The first-order chi connectivity index (χ1) is 34.7. The van der Waals surface area contributed by atoms with Crippen LogP contribution in [0.3, 0.4) is 0 Å². The van der Waals surface area contributed by atoms with E-state index in [2.05, 4.69) is 33.5 Å². The van der Waals surface area contributed by atoms with Crippen molar-refractivity contribution in [2.45, 2.75) is 188 Å². The second-order valence-electron chi connectivity index (χ2n) is 20.8. The van der Waals surface area contributed by atoms with Crippen molar-refractivity contribution in [1.82, 2.24) is 31.5 Å². The average Bonchev–Trinajstić information content (AvgIpc) is 3.35. The van der Waals surface area contributed by atoms with Gasteiger partial charge in [-0.1, -0.05) is 140 Å². The highest BCUT2D eigenvalue weighted by Gasteiger charge is 2.39. The van der Waals surface area contributed by atoms with E-state index < -0.39 is 84.2 Å². The van der Waals surface area contributed by atoms with Crippen molar-refractivity contribution in [3.8, 4) is 0 Å². The fraction of sp³-hybridized carbons (Fsp3) is 0.655. The molecule has 2 aromatic rings. The summed E-state index contributed by atoms with van der Waals surface area (Å²) in [6.45, 7) is 14.3. The van der Waals surface area contributed by atoms with Crippen LogP contribution in [0.1, 0.15) is 144 Å². The number of aliphatic carboxylic acids is 1. The van der Waals surface area contributed by atoms with Crippen molar-refractivity contribution in [3.63, 3.8) is 0 Å². The third-order valence-electron chi connectivity index (χ3n) is 12.7. The van der Waals surface area contributed by atoms with Crippen LogP contribution in [-0.4, -0.2) is 121 Å². The van der Waals surface area contributed by atoms with E-state index in [1.165, 1.54) is 11.8 Å². The van der Waals surface area contributed by atoms with Crippen molar-refractivity contribution < 1.29 is 57.6 Å². The van der Waals surface area contributed by atoms with E-state index in [0.29, 0.717) is 24.8 Å². The number of likely N-dealkylation sites (N-methyl/N-ethyl adjacent to an activating group) is 1. The van der Waals surface area contributed by atoms with Crippen molar-refractivity contribution in [2.24, 2.45) is 17.8 Å². The van der Waals surface area contributed by atoms with Crippen molar-refractivity contribution in [3.05, 3.63) is 71.8 Å². The van der Waals surface area contributed by atoms with Gasteiger partial charge < -0.3 is 55.5 Å². The molecule has 73 heavy (non-hydrogen) atoms. The molecule has 0 spiro atoms. The number of carboxylic acids is 1. The molecule has 0 radical (unpaired) electrons. The molecule has 7 atom stereocenters. The van der Waals surface area contributed by atoms with Gasteiger partial charge in [-0.2, -0.15) is 0 Å². The molecule has 0 unspecified atom stereocenters. The molecule has 0 heterocycles. The summed E-state index contributed by atoms with van der Waals surface area (Å²) in [7, 11) is 1.55. The summed E-state index contributed by atoms with van der Waals surface area (Å²) < 4.78 is 22.8. The Bertz CT molecular complexity index is 1990. The van der Waals surface area contributed by atoms with E-state index in [9.17, 15) is 38.7 Å². The first-order valence-electron chi connectivity index (χ1n) is 26.3. The molecule has 1 fully saturated rings. The van der Waals surface area contributed by atoms with E-state index in [1.807, 2.05) is 50.2 Å². The summed E-state index contributed by atoms with van der Waals surface area (Å²) in [5.41, 5.74) is 0.827. The maximum atomic E-state index is 14.6. The summed E-state index contributed by atoms with van der Waals surface area (Å²) >= 11 is 0. The van der Waals surface area contributed by atoms with Crippen LogP contribution in [-0.2, 0) is 56.1 Å². The summed E-state index contributed by atoms with van der Waals surface area (Å²) in [6.07, 6.45) is 7.43. The van der Waals surface area contributed by atoms with Crippen LogP contribution in [0.15, 0.2) is 60.7 Å². The number of carboxylic acid groups (broad SMARTS) is 1. The molecule has 18 nitrogen and oxygen atoms in total. The number of hydrogen-bond donors (Lipinski definition) is 6. The lowest BCUT2D eigenvalue weighted by atomic mass is 9.83. The van der Waals surface area contributed by atoms with Crippen molar-refractivity contribution >= 4 is 41.8 Å². The highest BCUT2D eigenvalue weighted by Crippen LogP contribution is 2.27. The standard InChI is InChI=1S/C55H86N6O12/c1-10-11-12-13-23-30-43(57-54(69)73-55(6,7)8)36-70-33-38(4)51(65)61(9)45(31-37(2)3)49(63)60-47(42-28-21-16-22-29-42)50(64)58-44(32-56-53(68)72-35-41-26-19-15-20-27-41)48(62)59-46(52(66)67)39(5)71-34-40-24-17-14-18-25-40/h14-15,17-20,24-27,37-39,42-47H,10-13,16,21-23,28-36H2,1-9H3,(H,56,68)(H,57,69)(H,58,64)(H,59,62)(H,60,63)(H,66,67)/t38-,39+,43-,44+,45+,46+,47+/m1/s1. The topological polar surface area (TPSA) is 240 Å². The first kappa shape index (κ1) is 61.5. The molecular weight excluding hydrogens is 937 g/mol. The molecule has 0 bridgehead atoms. The summed E-state index contributed by atoms with van der Waals surface area (Å²) in [5, 5.41) is 23.9. The summed E-state index contributed by atoms with van der Waals surface area (Å²) in [5.74, 6) is -5.01. The molecule has 2 aromatic carbocycles. The number of nitrogens with zero attached hydrogens (tertiary/aromatic N) is 1. The quantitative estimate of drug-likeness (QED) is 0.0405. The lowest BCUT2D eigenvalue weighted by Gasteiger charge is -2.35. The van der Waals surface area contributed by atoms with Gasteiger partial charge >= 0.3 is 18.2 Å². The van der Waals surface area contributed by atoms with Crippen LogP contribution < -0.4 is 26.6 Å². The monoisotopic (exact) mass is 1020 g/mol. The minimum Gasteiger partial charge on any atom is -0.480 e. The molecule has 408 valence electrons. The predicted molar refractivity (Wildman–Crippen MR) is 278 cm³/mol. The molecule has 6 N–H and O–H groups in total. The Hall–Kier alpha value is -5.75. The molecule has 3 rings (SSSR count). The second-order valence-corrected chi connectivity index (χ2v) is 20.8. The Kier molecular flexibility index (Phi) is 27.3. The van der Waals surface area contributed by atoms with Crippen LogP contribution in [0.4, 0.5) is 9.59 Å². The van der Waals surface area contributed by atoms with Gasteiger partial charge in [-0.25, -0.2) is 14.4 Å². The normalized spacial score (nSPS) is 15.8. The zero-order valence-corrected chi connectivity index (χ0v) is 44.9. The molecule has 0 aromatic heterocycles. The minimum absolute atomic E-state index is 0.0204. The van der Waals surface area contributed by atoms with Crippen LogP contribution in [0.25, 0.3) is 0 Å². The maximum absolute atomic E-state index is 14.6. The van der Waals surface area contributed by atoms with Crippen LogP contribution in [0.5, 0.6) is 0 Å². The summed E-state index contributed by atoms with van der Waals surface area (Å²) in [6, 6.07) is 12.5. The van der Waals surface area contributed by atoms with E-state index in [1.54, 1.807) is 59.0 Å². The zero-order valence-electron chi connectivity index (χ0n) is 44.9. The molecular formula is C55H86N6O12. The highest BCUT2D eigenvalue weighted by molar-refractivity contribution is 5.95. The van der Waals surface area contributed by atoms with Crippen molar-refractivity contribution in [1.29, 1.82) is 0 Å². The maximum Gasteiger partial charge on any atom is 0.407 e. The Balaban J connectivity index is 1.81. The number of alkyl carbamates (subject to hydrolysis) is 2. The number of amides is 6. The van der Waals surface area contributed by atoms with Gasteiger partial charge in [0, 0.05) is 7.05 Å². The number of benzene rings is 2. The number of unbranched alkanes of at least 4 members (excludes halogenated alkanes) is 4. The van der Waals surface area contributed by atoms with Crippen LogP contribution in [0, 0.1) is 17.8 Å². The smallest absolute Gasteiger partial charge is 0.407 e. The third kappa shape index (κ3) is 23.8. The zero-order chi connectivity index (χ0) is 53.9. The number of hydrogen-bond acceptors (Lipinski definition) is 11. The molecule has 1 aliphatic rings. The third-order valence-corrected chi connectivity index (χ3v) is 12.7. The van der Waals surface area contributed by atoms with Gasteiger partial charge in [-0.15, -0.1) is 0 Å². The Morgan fingerprint density at radius 1 is 0.726 bits per heavy atom. The SMILES string of the molecule is CCCCCCC[C@H](COC[C@@H](C)C(=O)N(C)[C@@H](CC(C)C)C(=O)N[C@H](C(=O)N[C@@H](CNC(=O)OCc1ccccc1)C(=O)N[C@H](C(=O)O)[C@H](C)OCc1ccccc1)C1CCCCC1)NC(=O)OC(C)(C)C. The molecule has 1 aliphatic carbocycles. The van der Waals surface area contributed by atoms with E-state index in [0.717, 1.165) is 56.9 Å². The Labute approximate surface area is 433 Å². The predicted octanol–water partition coefficient (Wildman–Crippen LogP) is 7.42. The van der Waals surface area contributed by atoms with Gasteiger partial charge in [-0.05, 0) is 76.3 Å². The second kappa shape index (κ2) is 32.4. The van der Waals surface area contributed by atoms with Crippen molar-refractivity contribution in [2.75, 3.05) is 26.8 Å². The highest BCUT2D eigenvalue weighted by atomic mass is 16.6. The lowest BCUT2D eigenvalue weighted by Crippen LogP contribution is -2.62. The Morgan fingerprint density at radius 3 is 1.93 bits per heavy atom. The number of nitrogens with one attached hydrogen (secondary N) is 5. The molecule has 0 aliphatic heterocycles. The number of carbonyl (C=O) groups excluding carboxylic acids is 6. The Morgan fingerprint density at radius 2 is 1.34 bits per heavy atom. The largest absolute Gasteiger partial charge is 0.480 e. The van der Waals surface area contributed by atoms with Gasteiger partial charge in [0.2, 0.25) is 23.6 Å². The van der Waals surface area contributed by atoms with E-state index in [-0.39, 0.29) is 56.6 Å². The van der Waals surface area contributed by atoms with Gasteiger partial charge in [0.05, 0.1) is 44.4 Å². The van der Waals surface area contributed by atoms with Gasteiger partial charge in [0.1, 0.15) is 30.3 Å². The van der Waals surface area contributed by atoms with Gasteiger partial charge in [0.15, 0.2) is 6.04 Å². The number of ether oxygens (including phenoxy) is 4. The molecule has 1 saturated carbocycles. The fourth-order valence-electron chi connectivity index (χ4n) is 8.59. The number of carbonyl (C=O) groups is 7. The van der Waals surface area contributed by atoms with Crippen LogP contribution in [0.2, 0.25) is 0 Å². The minimum atomic E-state index is -1.55. The summed E-state index contributed by atoms with van der Waals surface area (Å²) in [4.78, 5) is 97.1. The first-order valence-corrected chi connectivity index (χ1v) is 26.3. The van der Waals surface area contributed by atoms with E-state index in [4.69, 9.17) is 18.9 Å². The fourth-order valence-corrected chi connectivity index (χ4v) is 8.59. The van der Waals surface area contributed by atoms with Crippen LogP contribution >= 0.6 is 0 Å². The van der Waals surface area contributed by atoms with Gasteiger partial charge in [0.25, 0.3) is 0 Å². The van der Waals surface area contributed by atoms with Gasteiger partial charge in [-0.3, -0.25) is 19.2 Å².